The van der Waals surface area contributed by atoms with Crippen LogP contribution in [0, 0.1) is 0 Å². The Kier molecular flexibility index (Phi) is 4.96. The van der Waals surface area contributed by atoms with Crippen molar-refractivity contribution in [2.45, 2.75) is 38.2 Å². The number of rotatable bonds is 7. The van der Waals surface area contributed by atoms with Gasteiger partial charge in [0.1, 0.15) is 5.60 Å². The fraction of sp³-hybridized carbons (Fsp3) is 0.588. The number of nitrogens with one attached hydrogen (secondary N) is 1. The van der Waals surface area contributed by atoms with Gasteiger partial charge in [-0.1, -0.05) is 0 Å². The van der Waals surface area contributed by atoms with Crippen molar-refractivity contribution in [3.05, 3.63) is 23.3 Å². The second-order valence-electron chi connectivity index (χ2n) is 6.20. The lowest BCUT2D eigenvalue weighted by molar-refractivity contribution is -0.159. The maximum Gasteiger partial charge on any atom is 0.314 e. The van der Waals surface area contributed by atoms with Gasteiger partial charge in [-0.25, -0.2) is 0 Å². The van der Waals surface area contributed by atoms with E-state index in [4.69, 9.17) is 14.2 Å². The first kappa shape index (κ1) is 16.6. The first-order chi connectivity index (χ1) is 10.4. The molecule has 1 aromatic rings. The van der Waals surface area contributed by atoms with Crippen molar-refractivity contribution in [3.8, 4) is 11.5 Å². The van der Waals surface area contributed by atoms with Crippen molar-refractivity contribution in [3.63, 3.8) is 0 Å². The molecule has 0 fully saturated rings. The molecule has 22 heavy (non-hydrogen) atoms. The Morgan fingerprint density at radius 1 is 1.27 bits per heavy atom. The average Bonchev–Trinajstić information content (AvgIpc) is 2.45. The molecule has 2 rings (SSSR count). The quantitative estimate of drug-likeness (QED) is 0.783. The van der Waals surface area contributed by atoms with Gasteiger partial charge in [-0.3, -0.25) is 4.79 Å². The monoisotopic (exact) mass is 307 g/mol. The Bertz CT molecular complexity index is 554. The molecule has 5 heteroatoms. The van der Waals surface area contributed by atoms with Crippen LogP contribution in [-0.4, -0.2) is 39.4 Å². The Morgan fingerprint density at radius 3 is 2.50 bits per heavy atom. The highest BCUT2D eigenvalue weighted by molar-refractivity contribution is 5.83. The third-order valence-corrected chi connectivity index (χ3v) is 4.08. The lowest BCUT2D eigenvalue weighted by Crippen LogP contribution is -2.36. The third kappa shape index (κ3) is 3.35. The number of benzene rings is 1. The summed E-state index contributed by atoms with van der Waals surface area (Å²) >= 11 is 0. The molecule has 1 aromatic carbocycles. The van der Waals surface area contributed by atoms with Crippen LogP contribution in [0.1, 0.15) is 37.3 Å². The molecule has 0 radical (unpaired) electrons. The van der Waals surface area contributed by atoms with Crippen LogP contribution in [0.2, 0.25) is 0 Å². The van der Waals surface area contributed by atoms with Gasteiger partial charge < -0.3 is 19.5 Å². The third-order valence-electron chi connectivity index (χ3n) is 4.08. The second-order valence-corrected chi connectivity index (χ2v) is 6.20. The Morgan fingerprint density at radius 2 is 1.91 bits per heavy atom. The maximum atomic E-state index is 12.4. The van der Waals surface area contributed by atoms with Gasteiger partial charge in [0.05, 0.1) is 20.1 Å². The van der Waals surface area contributed by atoms with E-state index in [1.807, 2.05) is 33.0 Å². The highest BCUT2D eigenvalue weighted by Gasteiger charge is 2.37. The van der Waals surface area contributed by atoms with Crippen LogP contribution in [0.5, 0.6) is 11.5 Å². The molecular formula is C17H25NO4. The molecule has 0 saturated carbocycles. The summed E-state index contributed by atoms with van der Waals surface area (Å²) in [7, 11) is 5.09. The van der Waals surface area contributed by atoms with Gasteiger partial charge >= 0.3 is 5.97 Å². The van der Waals surface area contributed by atoms with Crippen molar-refractivity contribution in [1.82, 2.24) is 5.32 Å². The largest absolute Gasteiger partial charge is 0.493 e. The van der Waals surface area contributed by atoms with Gasteiger partial charge in [-0.2, -0.15) is 0 Å². The van der Waals surface area contributed by atoms with Gasteiger partial charge in [0.25, 0.3) is 0 Å². The highest BCUT2D eigenvalue weighted by atomic mass is 16.6. The summed E-state index contributed by atoms with van der Waals surface area (Å²) in [4.78, 5) is 12.4. The smallest absolute Gasteiger partial charge is 0.314 e. The van der Waals surface area contributed by atoms with E-state index < -0.39 is 5.60 Å². The standard InChI is InChI=1S/C17H25NO4/c1-17(2,6-7-18-3)22-16(19)13-8-11-9-14(20-4)15(21-5)10-12(11)13/h9-10,13,18H,6-8H2,1-5H3. The molecule has 0 spiro atoms. The van der Waals surface area contributed by atoms with Crippen molar-refractivity contribution in [1.29, 1.82) is 0 Å². The number of hydrogen-bond donors (Lipinski definition) is 1. The second kappa shape index (κ2) is 6.57. The van der Waals surface area contributed by atoms with Crippen LogP contribution in [0.25, 0.3) is 0 Å². The zero-order valence-corrected chi connectivity index (χ0v) is 14.0. The topological polar surface area (TPSA) is 56.8 Å². The molecule has 122 valence electrons. The summed E-state index contributed by atoms with van der Waals surface area (Å²) in [6.07, 6.45) is 1.47. The van der Waals surface area contributed by atoms with Crippen molar-refractivity contribution >= 4 is 5.97 Å². The predicted octanol–water partition coefficient (Wildman–Crippen LogP) is 2.27. The molecule has 5 nitrogen and oxygen atoms in total. The first-order valence-corrected chi connectivity index (χ1v) is 7.54. The summed E-state index contributed by atoms with van der Waals surface area (Å²) in [5.41, 5.74) is 1.63. The van der Waals surface area contributed by atoms with E-state index in [1.165, 1.54) is 0 Å². The minimum Gasteiger partial charge on any atom is -0.493 e. The van der Waals surface area contributed by atoms with Gasteiger partial charge in [-0.05, 0) is 63.5 Å². The zero-order chi connectivity index (χ0) is 16.3. The summed E-state index contributed by atoms with van der Waals surface area (Å²) in [5, 5.41) is 3.08. The summed E-state index contributed by atoms with van der Waals surface area (Å²) < 4.78 is 16.3. The molecule has 1 atom stereocenters. The minimum absolute atomic E-state index is 0.166. The lowest BCUT2D eigenvalue weighted by atomic mass is 9.77. The number of hydrogen-bond acceptors (Lipinski definition) is 5. The fourth-order valence-corrected chi connectivity index (χ4v) is 2.67. The Hall–Kier alpha value is -1.75. The SMILES string of the molecule is CNCCC(C)(C)OC(=O)C1Cc2cc(OC)c(OC)cc21. The molecule has 1 aliphatic rings. The number of ether oxygens (including phenoxy) is 3. The van der Waals surface area contributed by atoms with Crippen LogP contribution in [0.3, 0.4) is 0 Å². The molecule has 0 bridgehead atoms. The first-order valence-electron chi connectivity index (χ1n) is 7.54. The van der Waals surface area contributed by atoms with Gasteiger partial charge in [-0.15, -0.1) is 0 Å². The van der Waals surface area contributed by atoms with Gasteiger partial charge in [0.2, 0.25) is 0 Å². The summed E-state index contributed by atoms with van der Waals surface area (Å²) in [5.74, 6) is 0.972. The molecule has 0 aliphatic heterocycles. The number of methoxy groups -OCH3 is 2. The summed E-state index contributed by atoms with van der Waals surface area (Å²) in [6.45, 7) is 4.69. The van der Waals surface area contributed by atoms with E-state index in [0.29, 0.717) is 17.9 Å². The normalized spacial score (nSPS) is 16.5. The lowest BCUT2D eigenvalue weighted by Gasteiger charge is -2.33. The van der Waals surface area contributed by atoms with E-state index in [-0.39, 0.29) is 11.9 Å². The van der Waals surface area contributed by atoms with Crippen LogP contribution >= 0.6 is 0 Å². The van der Waals surface area contributed by atoms with Gasteiger partial charge in [0, 0.05) is 0 Å². The number of esters is 1. The van der Waals surface area contributed by atoms with Crippen molar-refractivity contribution < 1.29 is 19.0 Å². The number of carbonyl (C=O) groups excluding carboxylic acids is 1. The molecule has 0 amide bonds. The van der Waals surface area contributed by atoms with E-state index in [0.717, 1.165) is 24.1 Å². The van der Waals surface area contributed by atoms with E-state index in [1.54, 1.807) is 14.2 Å². The zero-order valence-electron chi connectivity index (χ0n) is 14.0. The van der Waals surface area contributed by atoms with Crippen LogP contribution in [-0.2, 0) is 16.0 Å². The molecule has 1 aliphatic carbocycles. The number of fused-ring (bicyclic) bond motifs is 1. The van der Waals surface area contributed by atoms with Crippen LogP contribution in [0.15, 0.2) is 12.1 Å². The summed E-state index contributed by atoms with van der Waals surface area (Å²) in [6, 6.07) is 3.81. The molecule has 1 N–H and O–H groups in total. The van der Waals surface area contributed by atoms with Crippen molar-refractivity contribution in [2.24, 2.45) is 0 Å². The molecule has 0 aromatic heterocycles. The minimum atomic E-state index is -0.466. The molecular weight excluding hydrogens is 282 g/mol. The van der Waals surface area contributed by atoms with Crippen LogP contribution in [0.4, 0.5) is 0 Å². The van der Waals surface area contributed by atoms with E-state index >= 15 is 0 Å². The predicted molar refractivity (Wildman–Crippen MR) is 84.7 cm³/mol. The highest BCUT2D eigenvalue weighted by Crippen LogP contribution is 2.43. The van der Waals surface area contributed by atoms with Crippen LogP contribution < -0.4 is 14.8 Å². The average molecular weight is 307 g/mol. The van der Waals surface area contributed by atoms with Gasteiger partial charge in [0.15, 0.2) is 11.5 Å². The van der Waals surface area contributed by atoms with Crippen molar-refractivity contribution in [2.75, 3.05) is 27.8 Å². The van der Waals surface area contributed by atoms with E-state index in [9.17, 15) is 4.79 Å². The Labute approximate surface area is 131 Å². The van der Waals surface area contributed by atoms with E-state index in [2.05, 4.69) is 5.32 Å². The Balaban J connectivity index is 2.08. The molecule has 0 heterocycles. The molecule has 1 unspecified atom stereocenters. The number of carbonyl (C=O) groups is 1. The maximum absolute atomic E-state index is 12.4. The fourth-order valence-electron chi connectivity index (χ4n) is 2.67. The molecule has 0 saturated heterocycles.